The molecule has 138 valence electrons. The summed E-state index contributed by atoms with van der Waals surface area (Å²) < 4.78 is 21.7. The van der Waals surface area contributed by atoms with Gasteiger partial charge in [-0.1, -0.05) is 6.07 Å². The standard InChI is InChI=1S/C19H36NO3Si/c1-16-13-11-12-14-20(16)15-24(21-17(2,3)4,22-18(5,6)7)23-19(8,9)10/h11-14H,15H2,1-10H3/q+1. The Balaban J connectivity index is 3.35. The highest BCUT2D eigenvalue weighted by Gasteiger charge is 2.54. The van der Waals surface area contributed by atoms with Crippen LogP contribution in [0.4, 0.5) is 0 Å². The monoisotopic (exact) mass is 354 g/mol. The van der Waals surface area contributed by atoms with Crippen LogP contribution >= 0.6 is 0 Å². The van der Waals surface area contributed by atoms with E-state index in [-0.39, 0.29) is 16.8 Å². The van der Waals surface area contributed by atoms with Crippen molar-refractivity contribution in [2.45, 2.75) is 92.2 Å². The van der Waals surface area contributed by atoms with Gasteiger partial charge in [0.05, 0.1) is 16.8 Å². The number of pyridine rings is 1. The minimum Gasteiger partial charge on any atom is -0.365 e. The highest BCUT2D eigenvalue weighted by atomic mass is 28.4. The number of aromatic nitrogens is 1. The molecule has 0 atom stereocenters. The molecule has 0 aromatic carbocycles. The van der Waals surface area contributed by atoms with Gasteiger partial charge in [-0.15, -0.1) is 0 Å². The van der Waals surface area contributed by atoms with Gasteiger partial charge >= 0.3 is 8.80 Å². The smallest absolute Gasteiger partial charge is 0.365 e. The largest absolute Gasteiger partial charge is 0.571 e. The summed E-state index contributed by atoms with van der Waals surface area (Å²) in [6, 6.07) is 6.15. The van der Waals surface area contributed by atoms with Crippen molar-refractivity contribution in [2.24, 2.45) is 0 Å². The Morgan fingerprint density at radius 1 is 0.792 bits per heavy atom. The summed E-state index contributed by atoms with van der Waals surface area (Å²) in [4.78, 5) is 0. The second-order valence-corrected chi connectivity index (χ2v) is 11.6. The number of hydrogen-bond acceptors (Lipinski definition) is 3. The van der Waals surface area contributed by atoms with Gasteiger partial charge in [0, 0.05) is 19.1 Å². The summed E-state index contributed by atoms with van der Waals surface area (Å²) in [5.41, 5.74) is 0.0890. The Morgan fingerprint density at radius 2 is 1.21 bits per heavy atom. The summed E-state index contributed by atoms with van der Waals surface area (Å²) >= 11 is 0. The average Bonchev–Trinajstić information content (AvgIpc) is 2.24. The lowest BCUT2D eigenvalue weighted by atomic mass is 10.2. The number of rotatable bonds is 5. The van der Waals surface area contributed by atoms with Gasteiger partial charge in [0.2, 0.25) is 6.17 Å². The normalized spacial score (nSPS) is 14.1. The van der Waals surface area contributed by atoms with Gasteiger partial charge < -0.3 is 13.3 Å². The summed E-state index contributed by atoms with van der Waals surface area (Å²) in [6.07, 6.45) is 2.65. The zero-order valence-corrected chi connectivity index (χ0v) is 18.2. The summed E-state index contributed by atoms with van der Waals surface area (Å²) in [5.74, 6) is 0. The molecule has 1 aromatic heterocycles. The SMILES string of the molecule is Cc1cccc[n+]1C[Si](OC(C)(C)C)(OC(C)(C)C)OC(C)(C)C. The van der Waals surface area contributed by atoms with E-state index in [4.69, 9.17) is 13.3 Å². The van der Waals surface area contributed by atoms with E-state index in [1.807, 2.05) is 12.1 Å². The molecule has 1 aromatic rings. The Labute approximate surface area is 149 Å². The van der Waals surface area contributed by atoms with Crippen LogP contribution in [-0.2, 0) is 19.4 Å². The molecule has 1 rings (SSSR count). The number of aryl methyl sites for hydroxylation is 1. The van der Waals surface area contributed by atoms with Crippen LogP contribution in [0.3, 0.4) is 0 Å². The average molecular weight is 355 g/mol. The maximum Gasteiger partial charge on any atom is 0.571 e. The third kappa shape index (κ3) is 7.88. The first-order valence-electron chi connectivity index (χ1n) is 8.67. The van der Waals surface area contributed by atoms with Crippen molar-refractivity contribution < 1.29 is 17.8 Å². The lowest BCUT2D eigenvalue weighted by Gasteiger charge is -2.41. The van der Waals surface area contributed by atoms with E-state index in [1.165, 1.54) is 0 Å². The van der Waals surface area contributed by atoms with Gasteiger partial charge in [0.1, 0.15) is 0 Å². The van der Waals surface area contributed by atoms with Crippen molar-refractivity contribution in [2.75, 3.05) is 0 Å². The van der Waals surface area contributed by atoms with Crippen LogP contribution in [-0.4, -0.2) is 25.6 Å². The molecule has 4 nitrogen and oxygen atoms in total. The predicted molar refractivity (Wildman–Crippen MR) is 99.6 cm³/mol. The van der Waals surface area contributed by atoms with E-state index >= 15 is 0 Å². The minimum atomic E-state index is -3.01. The third-order valence-electron chi connectivity index (χ3n) is 2.92. The van der Waals surface area contributed by atoms with E-state index in [2.05, 4.69) is 86.1 Å². The van der Waals surface area contributed by atoms with Crippen molar-refractivity contribution in [3.63, 3.8) is 0 Å². The third-order valence-corrected chi connectivity index (χ3v) is 6.41. The molecule has 0 aliphatic rings. The predicted octanol–water partition coefficient (Wildman–Crippen LogP) is 4.21. The van der Waals surface area contributed by atoms with Crippen LogP contribution in [0.5, 0.6) is 0 Å². The fraction of sp³-hybridized carbons (Fsp3) is 0.737. The quantitative estimate of drug-likeness (QED) is 0.586. The molecule has 24 heavy (non-hydrogen) atoms. The van der Waals surface area contributed by atoms with E-state index in [0.717, 1.165) is 5.69 Å². The van der Waals surface area contributed by atoms with E-state index in [0.29, 0.717) is 6.17 Å². The second kappa shape index (κ2) is 7.24. The fourth-order valence-electron chi connectivity index (χ4n) is 2.51. The Hall–Kier alpha value is -0.753. The lowest BCUT2D eigenvalue weighted by Crippen LogP contribution is -2.65. The first kappa shape index (κ1) is 21.3. The molecule has 1 heterocycles. The van der Waals surface area contributed by atoms with Crippen LogP contribution in [0.15, 0.2) is 24.4 Å². The highest BCUT2D eigenvalue weighted by Crippen LogP contribution is 2.29. The van der Waals surface area contributed by atoms with Crippen molar-refractivity contribution in [3.05, 3.63) is 30.1 Å². The van der Waals surface area contributed by atoms with Crippen molar-refractivity contribution in [1.29, 1.82) is 0 Å². The van der Waals surface area contributed by atoms with E-state index < -0.39 is 8.80 Å². The van der Waals surface area contributed by atoms with Crippen molar-refractivity contribution in [1.82, 2.24) is 0 Å². The van der Waals surface area contributed by atoms with E-state index in [9.17, 15) is 0 Å². The molecule has 0 amide bonds. The summed E-state index contributed by atoms with van der Waals surface area (Å²) in [5, 5.41) is 0. The second-order valence-electron chi connectivity index (χ2n) is 9.30. The molecule has 0 saturated heterocycles. The van der Waals surface area contributed by atoms with Gasteiger partial charge in [0.25, 0.3) is 0 Å². The Kier molecular flexibility index (Phi) is 6.42. The molecule has 0 spiro atoms. The van der Waals surface area contributed by atoms with E-state index in [1.54, 1.807) is 0 Å². The molecule has 0 aliphatic heterocycles. The lowest BCUT2D eigenvalue weighted by molar-refractivity contribution is -0.692. The summed E-state index contributed by atoms with van der Waals surface area (Å²) in [6.45, 7) is 20.5. The molecule has 0 unspecified atom stereocenters. The van der Waals surface area contributed by atoms with Crippen LogP contribution in [0.2, 0.25) is 0 Å². The molecular weight excluding hydrogens is 318 g/mol. The molecular formula is C19H36NO3Si+. The first-order valence-corrected chi connectivity index (χ1v) is 10.6. The van der Waals surface area contributed by atoms with Gasteiger partial charge in [-0.25, -0.2) is 0 Å². The number of hydrogen-bond donors (Lipinski definition) is 0. The Bertz CT molecular complexity index is 498. The molecule has 0 N–H and O–H groups in total. The number of nitrogens with zero attached hydrogens (tertiary/aromatic N) is 1. The van der Waals surface area contributed by atoms with Crippen molar-refractivity contribution in [3.8, 4) is 0 Å². The van der Waals surface area contributed by atoms with Gasteiger partial charge in [-0.2, -0.15) is 4.57 Å². The maximum absolute atomic E-state index is 6.51. The van der Waals surface area contributed by atoms with Crippen LogP contribution in [0.25, 0.3) is 0 Å². The Morgan fingerprint density at radius 3 is 1.54 bits per heavy atom. The zero-order valence-electron chi connectivity index (χ0n) is 17.2. The molecule has 0 radical (unpaired) electrons. The topological polar surface area (TPSA) is 31.6 Å². The molecule has 5 heteroatoms. The summed E-state index contributed by atoms with van der Waals surface area (Å²) in [7, 11) is -3.01. The van der Waals surface area contributed by atoms with Crippen LogP contribution in [0.1, 0.15) is 68.0 Å². The zero-order chi connectivity index (χ0) is 18.8. The first-order chi connectivity index (χ1) is 10.6. The van der Waals surface area contributed by atoms with Gasteiger partial charge in [-0.3, -0.25) is 0 Å². The van der Waals surface area contributed by atoms with Crippen LogP contribution < -0.4 is 4.57 Å². The molecule has 0 fully saturated rings. The molecule has 0 aliphatic carbocycles. The van der Waals surface area contributed by atoms with Gasteiger partial charge in [0.15, 0.2) is 11.9 Å². The van der Waals surface area contributed by atoms with Crippen LogP contribution in [0, 0.1) is 6.92 Å². The maximum atomic E-state index is 6.51. The highest BCUT2D eigenvalue weighted by molar-refractivity contribution is 6.59. The van der Waals surface area contributed by atoms with Gasteiger partial charge in [-0.05, 0) is 62.3 Å². The molecule has 0 saturated carbocycles. The fourth-order valence-corrected chi connectivity index (χ4v) is 6.40. The minimum absolute atomic E-state index is 0.355. The van der Waals surface area contributed by atoms with Crippen molar-refractivity contribution >= 4 is 8.80 Å². The molecule has 0 bridgehead atoms.